The number of nitrogens with two attached hydrogens (primary N) is 1. The van der Waals surface area contributed by atoms with Crippen LogP contribution in [0.25, 0.3) is 11.0 Å². The van der Waals surface area contributed by atoms with E-state index in [4.69, 9.17) is 5.73 Å². The molecule has 0 spiro atoms. The van der Waals surface area contributed by atoms with Crippen LogP contribution < -0.4 is 16.7 Å². The fourth-order valence-electron chi connectivity index (χ4n) is 4.17. The highest BCUT2D eigenvalue weighted by molar-refractivity contribution is 5.93. The van der Waals surface area contributed by atoms with Crippen LogP contribution in [-0.4, -0.2) is 27.1 Å². The molecule has 3 N–H and O–H groups in total. The minimum absolute atomic E-state index is 0.115. The number of aromatic nitrogens is 2. The number of fused-ring (bicyclic) bond motifs is 1. The number of amides is 2. The molecule has 2 aromatic rings. The minimum Gasteiger partial charge on any atom is -0.368 e. The van der Waals surface area contributed by atoms with Crippen molar-refractivity contribution in [3.63, 3.8) is 0 Å². The molecule has 1 aromatic heterocycles. The van der Waals surface area contributed by atoms with Gasteiger partial charge < -0.3 is 11.1 Å². The molecular weight excluding hydrogens is 375 g/mol. The zero-order valence-corrected chi connectivity index (χ0v) is 17.2. The number of halogens is 1. The van der Waals surface area contributed by atoms with Crippen LogP contribution in [0, 0.1) is 17.2 Å². The normalized spacial score (nSPS) is 16.7. The number of imidazole rings is 1. The third-order valence-electron chi connectivity index (χ3n) is 5.69. The molecule has 1 aromatic carbocycles. The van der Waals surface area contributed by atoms with Crippen LogP contribution in [0.15, 0.2) is 23.0 Å². The predicted molar refractivity (Wildman–Crippen MR) is 109 cm³/mol. The summed E-state index contributed by atoms with van der Waals surface area (Å²) in [6.07, 6.45) is 5.31. The van der Waals surface area contributed by atoms with Gasteiger partial charge in [0.25, 0.3) is 0 Å². The number of hydrogen-bond acceptors (Lipinski definition) is 3. The molecule has 0 aliphatic heterocycles. The zero-order valence-electron chi connectivity index (χ0n) is 17.2. The van der Waals surface area contributed by atoms with E-state index in [1.807, 2.05) is 0 Å². The number of rotatable bonds is 4. The lowest BCUT2D eigenvalue weighted by molar-refractivity contribution is -0.122. The first-order valence-electron chi connectivity index (χ1n) is 10.1. The SMILES string of the molecule is CC(C)(C)[C@H](NC(=O)n1c(=O)n(CC2CCCCC2)c2c(F)cccc21)C(N)=O. The first kappa shape index (κ1) is 21.1. The molecule has 2 amide bonds. The molecule has 158 valence electrons. The van der Waals surface area contributed by atoms with Gasteiger partial charge in [-0.25, -0.2) is 18.5 Å². The Morgan fingerprint density at radius 1 is 1.24 bits per heavy atom. The topological polar surface area (TPSA) is 99.1 Å². The molecular formula is C21H29FN4O3. The molecule has 0 bridgehead atoms. The van der Waals surface area contributed by atoms with Crippen molar-refractivity contribution in [1.29, 1.82) is 0 Å². The Balaban J connectivity index is 2.05. The molecule has 0 saturated heterocycles. The molecule has 3 rings (SSSR count). The summed E-state index contributed by atoms with van der Waals surface area (Å²) in [5.74, 6) is -0.976. The number of para-hydroxylation sites is 1. The second kappa shape index (κ2) is 8.00. The fourth-order valence-corrected chi connectivity index (χ4v) is 4.17. The van der Waals surface area contributed by atoms with E-state index < -0.39 is 34.9 Å². The lowest BCUT2D eigenvalue weighted by Gasteiger charge is -2.28. The van der Waals surface area contributed by atoms with E-state index in [1.54, 1.807) is 20.8 Å². The summed E-state index contributed by atoms with van der Waals surface area (Å²) in [5, 5.41) is 2.56. The first-order chi connectivity index (χ1) is 13.6. The lowest BCUT2D eigenvalue weighted by Crippen LogP contribution is -2.54. The molecule has 1 saturated carbocycles. The van der Waals surface area contributed by atoms with Crippen molar-refractivity contribution in [2.45, 2.75) is 65.5 Å². The smallest absolute Gasteiger partial charge is 0.337 e. The standard InChI is InChI=1S/C21H29FN4O3/c1-21(2,3)17(18(23)27)24-19(28)26-15-11-7-10-14(22)16(15)25(20(26)29)12-13-8-5-4-6-9-13/h7,10-11,13,17H,4-6,8-9,12H2,1-3H3,(H2,23,27)(H,24,28)/t17-/m1/s1. The molecule has 29 heavy (non-hydrogen) atoms. The number of carbonyl (C=O) groups excluding carboxylic acids is 2. The van der Waals surface area contributed by atoms with E-state index in [0.717, 1.165) is 30.3 Å². The quantitative estimate of drug-likeness (QED) is 0.819. The van der Waals surface area contributed by atoms with Crippen molar-refractivity contribution in [2.24, 2.45) is 17.1 Å². The molecule has 1 fully saturated rings. The van der Waals surface area contributed by atoms with Crippen LogP contribution in [0.4, 0.5) is 9.18 Å². The Morgan fingerprint density at radius 2 is 1.90 bits per heavy atom. The summed E-state index contributed by atoms with van der Waals surface area (Å²) in [6, 6.07) is 2.51. The van der Waals surface area contributed by atoms with Crippen molar-refractivity contribution >= 4 is 23.0 Å². The van der Waals surface area contributed by atoms with Crippen molar-refractivity contribution in [1.82, 2.24) is 14.5 Å². The summed E-state index contributed by atoms with van der Waals surface area (Å²) < 4.78 is 16.9. The Bertz CT molecular complexity index is 980. The lowest BCUT2D eigenvalue weighted by atomic mass is 9.86. The van der Waals surface area contributed by atoms with Gasteiger partial charge >= 0.3 is 11.7 Å². The van der Waals surface area contributed by atoms with Crippen LogP contribution in [0.3, 0.4) is 0 Å². The van der Waals surface area contributed by atoms with Gasteiger partial charge in [-0.15, -0.1) is 0 Å². The fraction of sp³-hybridized carbons (Fsp3) is 0.571. The highest BCUT2D eigenvalue weighted by Crippen LogP contribution is 2.27. The van der Waals surface area contributed by atoms with E-state index in [2.05, 4.69) is 5.32 Å². The third-order valence-corrected chi connectivity index (χ3v) is 5.69. The average molecular weight is 404 g/mol. The van der Waals surface area contributed by atoms with Crippen molar-refractivity contribution in [3.05, 3.63) is 34.5 Å². The summed E-state index contributed by atoms with van der Waals surface area (Å²) >= 11 is 0. The molecule has 0 unspecified atom stereocenters. The summed E-state index contributed by atoms with van der Waals surface area (Å²) in [7, 11) is 0. The molecule has 1 atom stereocenters. The van der Waals surface area contributed by atoms with Gasteiger partial charge in [0.15, 0.2) is 0 Å². The van der Waals surface area contributed by atoms with Crippen LogP contribution >= 0.6 is 0 Å². The second-order valence-corrected chi connectivity index (χ2v) is 8.99. The van der Waals surface area contributed by atoms with E-state index in [9.17, 15) is 18.8 Å². The number of carbonyl (C=O) groups is 2. The maximum Gasteiger partial charge on any atom is 0.337 e. The van der Waals surface area contributed by atoms with E-state index >= 15 is 0 Å². The van der Waals surface area contributed by atoms with Gasteiger partial charge in [-0.3, -0.25) is 9.36 Å². The monoisotopic (exact) mass is 404 g/mol. The number of primary amides is 1. The summed E-state index contributed by atoms with van der Waals surface area (Å²) in [5.41, 5.74) is 4.49. The average Bonchev–Trinajstić information content (AvgIpc) is 2.92. The molecule has 8 heteroatoms. The number of nitrogens with one attached hydrogen (secondary N) is 1. The number of benzene rings is 1. The maximum atomic E-state index is 14.7. The zero-order chi connectivity index (χ0) is 21.3. The molecule has 1 aliphatic rings. The Labute approximate surface area is 169 Å². The number of nitrogens with zero attached hydrogens (tertiary/aromatic N) is 2. The molecule has 0 radical (unpaired) electrons. The third kappa shape index (κ3) is 4.21. The van der Waals surface area contributed by atoms with E-state index in [0.29, 0.717) is 6.54 Å². The molecule has 1 heterocycles. The minimum atomic E-state index is -0.979. The first-order valence-corrected chi connectivity index (χ1v) is 10.1. The van der Waals surface area contributed by atoms with Crippen LogP contribution in [0.1, 0.15) is 52.9 Å². The molecule has 7 nitrogen and oxygen atoms in total. The largest absolute Gasteiger partial charge is 0.368 e. The van der Waals surface area contributed by atoms with Gasteiger partial charge in [0.1, 0.15) is 17.4 Å². The van der Waals surface area contributed by atoms with Gasteiger partial charge in [0.2, 0.25) is 5.91 Å². The van der Waals surface area contributed by atoms with Gasteiger partial charge in [-0.2, -0.15) is 0 Å². The van der Waals surface area contributed by atoms with Gasteiger partial charge in [0, 0.05) is 6.54 Å². The Kier molecular flexibility index (Phi) is 5.82. The molecule has 1 aliphatic carbocycles. The Hall–Kier alpha value is -2.64. The highest BCUT2D eigenvalue weighted by Gasteiger charge is 2.33. The van der Waals surface area contributed by atoms with E-state index in [1.165, 1.54) is 29.2 Å². The van der Waals surface area contributed by atoms with Crippen molar-refractivity contribution in [3.8, 4) is 0 Å². The predicted octanol–water partition coefficient (Wildman–Crippen LogP) is 2.98. The maximum absolute atomic E-state index is 14.7. The van der Waals surface area contributed by atoms with Crippen molar-refractivity contribution < 1.29 is 14.0 Å². The van der Waals surface area contributed by atoms with E-state index in [-0.39, 0.29) is 17.0 Å². The highest BCUT2D eigenvalue weighted by atomic mass is 19.1. The van der Waals surface area contributed by atoms with Crippen LogP contribution in [0.2, 0.25) is 0 Å². The number of hydrogen-bond donors (Lipinski definition) is 2. The van der Waals surface area contributed by atoms with Gasteiger partial charge in [-0.05, 0) is 36.3 Å². The van der Waals surface area contributed by atoms with Crippen LogP contribution in [-0.2, 0) is 11.3 Å². The second-order valence-electron chi connectivity index (χ2n) is 8.99. The van der Waals surface area contributed by atoms with Crippen molar-refractivity contribution in [2.75, 3.05) is 0 Å². The van der Waals surface area contributed by atoms with Crippen LogP contribution in [0.5, 0.6) is 0 Å². The Morgan fingerprint density at radius 3 is 2.48 bits per heavy atom. The van der Waals surface area contributed by atoms with Gasteiger partial charge in [-0.1, -0.05) is 46.1 Å². The summed E-state index contributed by atoms with van der Waals surface area (Å²) in [6.45, 7) is 5.65. The summed E-state index contributed by atoms with van der Waals surface area (Å²) in [4.78, 5) is 37.9. The van der Waals surface area contributed by atoms with Gasteiger partial charge in [0.05, 0.1) is 5.52 Å².